The number of amides is 12. The minimum absolute atomic E-state index is 0.00410. The first-order valence-electron chi connectivity index (χ1n) is 32.8. The zero-order chi connectivity index (χ0) is 75.4. The lowest BCUT2D eigenvalue weighted by atomic mass is 9.99. The van der Waals surface area contributed by atoms with Crippen LogP contribution < -0.4 is 87.6 Å². The van der Waals surface area contributed by atoms with Crippen molar-refractivity contribution in [2.24, 2.45) is 46.2 Å². The van der Waals surface area contributed by atoms with Gasteiger partial charge in [-0.15, -0.1) is 0 Å². The van der Waals surface area contributed by atoms with Gasteiger partial charge in [-0.1, -0.05) is 70.2 Å². The molecule has 11 atom stereocenters. The van der Waals surface area contributed by atoms with E-state index < -0.39 is 175 Å². The molecule has 1 heterocycles. The SMILES string of the molecule is CC(C)C[C@H](NC(=O)[C@@H](N)Cc1ccc(O)cc1)C(=O)N[C@@H](CC(N)=O)C(=O)N[C@@H](Cc1c[nH]c2ccccc12)C(=O)N[C@H](C(=O)N[C@H](C(=O)N[C@@H](CCCNC(=N)N)C(=O)N[C@@H](CCC(N)=O)C(=O)N(C)[C@@H](CCCNC(=N)N)C(=O)N[C@@H](Cc1ccc(O)cc1)C(N)=O)[C@@H](C)O)C(C)C. The van der Waals surface area contributed by atoms with Gasteiger partial charge in [-0.25, -0.2) is 0 Å². The molecule has 4 rings (SSSR count). The van der Waals surface area contributed by atoms with Crippen LogP contribution >= 0.6 is 0 Å². The molecule has 0 radical (unpaired) electrons. The number of carbonyl (C=O) groups excluding carboxylic acids is 12. The average molecular weight is 1410 g/mol. The van der Waals surface area contributed by atoms with E-state index in [9.17, 15) is 72.9 Å². The number of nitrogens with one attached hydrogen (secondary N) is 13. The predicted octanol–water partition coefficient (Wildman–Crippen LogP) is -4.12. The van der Waals surface area contributed by atoms with Gasteiger partial charge in [-0.2, -0.15) is 0 Å². The Hall–Kier alpha value is -11.1. The third-order valence-corrected chi connectivity index (χ3v) is 16.2. The molecule has 0 saturated heterocycles. The quantitative estimate of drug-likeness (QED) is 0.0114. The van der Waals surface area contributed by atoms with Gasteiger partial charge in [0.25, 0.3) is 0 Å². The fourth-order valence-electron chi connectivity index (χ4n) is 10.7. The third kappa shape index (κ3) is 27.6. The Morgan fingerprint density at radius 2 is 1.00 bits per heavy atom. The fraction of sp³-hybridized carbons (Fsp3) is 0.485. The Labute approximate surface area is 583 Å². The Morgan fingerprint density at radius 1 is 0.515 bits per heavy atom. The number of rotatable bonds is 42. The lowest BCUT2D eigenvalue weighted by Crippen LogP contribution is -2.63. The molecule has 35 heteroatoms. The van der Waals surface area contributed by atoms with Crippen molar-refractivity contribution in [3.05, 3.63) is 95.7 Å². The van der Waals surface area contributed by atoms with Crippen molar-refractivity contribution in [2.75, 3.05) is 20.1 Å². The number of nitrogens with zero attached hydrogens (tertiary/aromatic N) is 1. The summed E-state index contributed by atoms with van der Waals surface area (Å²) in [6, 6.07) is 3.32. The number of fused-ring (bicyclic) bond motifs is 1. The highest BCUT2D eigenvalue weighted by Crippen LogP contribution is 2.21. The fourth-order valence-corrected chi connectivity index (χ4v) is 10.7. The Balaban J connectivity index is 1.64. The second kappa shape index (κ2) is 40.1. The Bertz CT molecular complexity index is 3550. The topological polar surface area (TPSA) is 609 Å². The van der Waals surface area contributed by atoms with Gasteiger partial charge in [0.1, 0.15) is 65.9 Å². The largest absolute Gasteiger partial charge is 0.508 e. The second-order valence-electron chi connectivity index (χ2n) is 25.4. The molecule has 0 unspecified atom stereocenters. The van der Waals surface area contributed by atoms with Gasteiger partial charge in [-0.05, 0) is 111 Å². The van der Waals surface area contributed by atoms with E-state index in [1.165, 1.54) is 57.3 Å². The van der Waals surface area contributed by atoms with Gasteiger partial charge in [0.15, 0.2) is 11.9 Å². The maximum Gasteiger partial charge on any atom is 0.245 e. The number of phenols is 2. The Kier molecular flexibility index (Phi) is 32.7. The van der Waals surface area contributed by atoms with E-state index in [1.54, 1.807) is 56.4 Å². The number of para-hydroxylation sites is 1. The van der Waals surface area contributed by atoms with Gasteiger partial charge >= 0.3 is 0 Å². The molecule has 0 aliphatic heterocycles. The van der Waals surface area contributed by atoms with Gasteiger partial charge in [0.2, 0.25) is 70.9 Å². The number of aliphatic hydroxyl groups excluding tert-OH is 1. The van der Waals surface area contributed by atoms with Crippen LogP contribution in [0.25, 0.3) is 10.9 Å². The van der Waals surface area contributed by atoms with Crippen LogP contribution in [0.4, 0.5) is 0 Å². The van der Waals surface area contributed by atoms with E-state index in [0.717, 1.165) is 11.8 Å². The maximum atomic E-state index is 14.8. The van der Waals surface area contributed by atoms with Crippen LogP contribution in [0, 0.1) is 22.7 Å². The minimum atomic E-state index is -1.90. The molecule has 552 valence electrons. The summed E-state index contributed by atoms with van der Waals surface area (Å²) in [5, 5.41) is 72.0. The monoisotopic (exact) mass is 1410 g/mol. The number of benzene rings is 3. The average Bonchev–Trinajstić information content (AvgIpc) is 1.78. The molecule has 0 aliphatic carbocycles. The summed E-state index contributed by atoms with van der Waals surface area (Å²) in [5.74, 6) is -13.7. The van der Waals surface area contributed by atoms with E-state index in [2.05, 4.69) is 58.2 Å². The predicted molar refractivity (Wildman–Crippen MR) is 371 cm³/mol. The summed E-state index contributed by atoms with van der Waals surface area (Å²) >= 11 is 0. The first-order valence-corrected chi connectivity index (χ1v) is 32.8. The van der Waals surface area contributed by atoms with Crippen molar-refractivity contribution in [1.82, 2.24) is 63.1 Å². The molecular weight excluding hydrogens is 1310 g/mol. The molecule has 0 saturated carbocycles. The van der Waals surface area contributed by atoms with Crippen molar-refractivity contribution in [2.45, 2.75) is 172 Å². The second-order valence-corrected chi connectivity index (χ2v) is 25.4. The summed E-state index contributed by atoms with van der Waals surface area (Å²) in [6.07, 6.45) is -2.58. The smallest absolute Gasteiger partial charge is 0.245 e. The Morgan fingerprint density at radius 3 is 1.54 bits per heavy atom. The number of aromatic amines is 1. The van der Waals surface area contributed by atoms with E-state index in [-0.39, 0.29) is 81.9 Å². The first-order chi connectivity index (χ1) is 47.5. The number of carbonyl (C=O) groups is 12. The molecule has 35 nitrogen and oxygen atoms in total. The number of phenolic OH excluding ortho intramolecular Hbond substituents is 2. The molecule has 0 fully saturated rings. The molecule has 0 aliphatic rings. The van der Waals surface area contributed by atoms with Crippen LogP contribution in [0.15, 0.2) is 79.0 Å². The molecular formula is C66H98N20O15. The van der Waals surface area contributed by atoms with Gasteiger partial charge in [0, 0.05) is 56.5 Å². The lowest BCUT2D eigenvalue weighted by molar-refractivity contribution is -0.143. The summed E-state index contributed by atoms with van der Waals surface area (Å²) < 4.78 is 0. The van der Waals surface area contributed by atoms with Crippen molar-refractivity contribution >= 4 is 93.7 Å². The highest BCUT2D eigenvalue weighted by molar-refractivity contribution is 6.00. The zero-order valence-corrected chi connectivity index (χ0v) is 57.4. The highest BCUT2D eigenvalue weighted by atomic mass is 16.3. The van der Waals surface area contributed by atoms with E-state index >= 15 is 0 Å². The number of guanidine groups is 2. The first kappa shape index (κ1) is 82.3. The third-order valence-electron chi connectivity index (χ3n) is 16.2. The number of likely N-dealkylation sites (N-methyl/N-ethyl adjacent to an activating group) is 1. The van der Waals surface area contributed by atoms with E-state index in [4.69, 9.17) is 45.2 Å². The van der Waals surface area contributed by atoms with Crippen LogP contribution in [0.5, 0.6) is 11.5 Å². The van der Waals surface area contributed by atoms with Gasteiger partial charge < -0.3 is 113 Å². The van der Waals surface area contributed by atoms with Crippen LogP contribution in [0.3, 0.4) is 0 Å². The van der Waals surface area contributed by atoms with Crippen molar-refractivity contribution in [3.63, 3.8) is 0 Å². The van der Waals surface area contributed by atoms with E-state index in [0.29, 0.717) is 27.6 Å². The van der Waals surface area contributed by atoms with Crippen LogP contribution in [0.2, 0.25) is 0 Å². The van der Waals surface area contributed by atoms with Crippen molar-refractivity contribution < 1.29 is 72.9 Å². The number of hydrogen-bond donors (Lipinski definition) is 22. The van der Waals surface area contributed by atoms with Gasteiger partial charge in [-0.3, -0.25) is 68.4 Å². The number of nitrogens with two attached hydrogens (primary N) is 6. The summed E-state index contributed by atoms with van der Waals surface area (Å²) in [4.78, 5) is 171. The molecule has 0 spiro atoms. The molecule has 28 N–H and O–H groups in total. The minimum Gasteiger partial charge on any atom is -0.508 e. The number of aliphatic hydroxyl groups is 1. The zero-order valence-electron chi connectivity index (χ0n) is 57.4. The summed E-state index contributed by atoms with van der Waals surface area (Å²) in [5.41, 5.74) is 36.3. The van der Waals surface area contributed by atoms with Crippen molar-refractivity contribution in [3.8, 4) is 11.5 Å². The molecule has 4 aromatic rings. The number of hydrogen-bond acceptors (Lipinski definition) is 18. The molecule has 12 amide bonds. The van der Waals surface area contributed by atoms with Crippen LogP contribution in [-0.2, 0) is 76.8 Å². The lowest BCUT2D eigenvalue weighted by Gasteiger charge is -2.33. The molecule has 101 heavy (non-hydrogen) atoms. The highest BCUT2D eigenvalue weighted by Gasteiger charge is 2.39. The van der Waals surface area contributed by atoms with Crippen LogP contribution in [-0.4, -0.2) is 195 Å². The number of aromatic hydroxyl groups is 2. The maximum absolute atomic E-state index is 14.8. The molecule has 1 aromatic heterocycles. The molecule has 0 bridgehead atoms. The van der Waals surface area contributed by atoms with Crippen molar-refractivity contribution in [1.29, 1.82) is 10.8 Å². The van der Waals surface area contributed by atoms with Crippen LogP contribution in [0.1, 0.15) is 103 Å². The summed E-state index contributed by atoms with van der Waals surface area (Å²) in [7, 11) is 1.21. The number of primary amides is 3. The van der Waals surface area contributed by atoms with Gasteiger partial charge in [0.05, 0.1) is 18.6 Å². The number of H-pyrrole nitrogens is 1. The standard InChI is InChI=1S/C66H98N20O15/c1-33(2)27-47(81-56(93)42(67)28-36-15-19-39(88)20-16-36)58(95)83-49(31-52(69)91)59(96)82-48(30-38-32-77-43-12-8-7-11-41(38)43)60(97)84-53(34(3)4)62(99)85-54(35(5)87)63(100)78-44(13-9-25-75-65(71)72)57(94)79-45(23-24-51(68)90)64(101)86(6)50(14-10-26-76-66(73)74)61(98)80-46(55(70)92)29-37-17-21-40(89)22-18-37/h7-8,11-12,15-22,32-35,42,44-50,53-54,77,87-89H,9-10,13-14,23-31,67H2,1-6H3,(H2,68,90)(H2,69,91)(H2,70,92)(H,78,100)(H,79,94)(H,80,98)(H,81,93)(H,82,96)(H,83,95)(H,84,97)(H,85,99)(H4,71,72,75)(H4,73,74,76)/t35-,42+,44+,45+,46+,47+,48+,49+,50+,53+,54+/m1/s1. The molecule has 3 aromatic carbocycles. The van der Waals surface area contributed by atoms with E-state index in [1.807, 2.05) is 0 Å². The number of aromatic nitrogens is 1. The summed E-state index contributed by atoms with van der Waals surface area (Å²) in [6.45, 7) is 7.74. The normalized spacial score (nSPS) is 14.4.